The third kappa shape index (κ3) is 3.93. The van der Waals surface area contributed by atoms with Crippen molar-refractivity contribution in [2.75, 3.05) is 0 Å². The second-order valence-electron chi connectivity index (χ2n) is 12.4. The van der Waals surface area contributed by atoms with E-state index in [2.05, 4.69) is 13.8 Å². The predicted molar refractivity (Wildman–Crippen MR) is 117 cm³/mol. The highest BCUT2D eigenvalue weighted by atomic mass is 16.6. The number of hydrogen-bond acceptors (Lipinski definition) is 4. The van der Waals surface area contributed by atoms with Gasteiger partial charge in [0.05, 0.1) is 10.8 Å². The molecule has 0 saturated heterocycles. The molecule has 0 aromatic heterocycles. The molecule has 5 fully saturated rings. The van der Waals surface area contributed by atoms with Crippen LogP contribution in [0, 0.1) is 28.6 Å². The molecular weight excluding hydrogens is 376 g/mol. The summed E-state index contributed by atoms with van der Waals surface area (Å²) in [6.45, 7) is 10.2. The van der Waals surface area contributed by atoms with E-state index in [0.29, 0.717) is 24.2 Å². The molecule has 2 unspecified atom stereocenters. The van der Waals surface area contributed by atoms with Crippen molar-refractivity contribution in [1.82, 2.24) is 0 Å². The molecule has 5 aliphatic carbocycles. The van der Waals surface area contributed by atoms with Gasteiger partial charge in [-0.3, -0.25) is 9.59 Å². The number of carbonyl (C=O) groups excluding carboxylic acids is 2. The van der Waals surface area contributed by atoms with Gasteiger partial charge in [-0.2, -0.15) is 0 Å². The fraction of sp³-hybridized carbons (Fsp3) is 0.923. The normalized spacial score (nSPS) is 36.6. The van der Waals surface area contributed by atoms with Crippen LogP contribution in [-0.4, -0.2) is 23.1 Å². The van der Waals surface area contributed by atoms with Crippen LogP contribution in [0.15, 0.2) is 0 Å². The fourth-order valence-electron chi connectivity index (χ4n) is 7.24. The standard InChI is InChI=1S/C26H42O4/c1-6-23(2,3)21(27)30-26-15-18-12-19(16-26)14-25(13-18,17-26)22(28)29-24(4,5)20-10-8-7-9-11-20/h18-20H,6-17H2,1-5H3. The maximum absolute atomic E-state index is 13.7. The van der Waals surface area contributed by atoms with E-state index in [1.54, 1.807) is 0 Å². The lowest BCUT2D eigenvalue weighted by molar-refractivity contribution is -0.224. The second kappa shape index (κ2) is 7.52. The topological polar surface area (TPSA) is 52.6 Å². The minimum Gasteiger partial charge on any atom is -0.459 e. The number of carbonyl (C=O) groups is 2. The van der Waals surface area contributed by atoms with E-state index in [0.717, 1.165) is 44.9 Å². The van der Waals surface area contributed by atoms with E-state index in [1.807, 2.05) is 20.8 Å². The Morgan fingerprint density at radius 2 is 1.53 bits per heavy atom. The number of hydrogen-bond donors (Lipinski definition) is 0. The Morgan fingerprint density at radius 3 is 2.10 bits per heavy atom. The zero-order valence-corrected chi connectivity index (χ0v) is 19.9. The third-order valence-electron chi connectivity index (χ3n) is 9.13. The molecule has 5 rings (SSSR count). The molecule has 0 aromatic rings. The lowest BCUT2D eigenvalue weighted by atomic mass is 9.47. The van der Waals surface area contributed by atoms with Crippen LogP contribution in [0.1, 0.15) is 112 Å². The van der Waals surface area contributed by atoms with Crippen LogP contribution in [0.25, 0.3) is 0 Å². The van der Waals surface area contributed by atoms with Crippen molar-refractivity contribution in [3.8, 4) is 0 Å². The van der Waals surface area contributed by atoms with Gasteiger partial charge in [0.1, 0.15) is 11.2 Å². The lowest BCUT2D eigenvalue weighted by Crippen LogP contribution is -2.61. The summed E-state index contributed by atoms with van der Waals surface area (Å²) in [6, 6.07) is 0. The van der Waals surface area contributed by atoms with E-state index in [1.165, 1.54) is 25.7 Å². The van der Waals surface area contributed by atoms with Crippen molar-refractivity contribution < 1.29 is 19.1 Å². The van der Waals surface area contributed by atoms with Crippen LogP contribution in [0.2, 0.25) is 0 Å². The minimum atomic E-state index is -0.472. The van der Waals surface area contributed by atoms with Gasteiger partial charge in [-0.25, -0.2) is 0 Å². The maximum atomic E-state index is 13.7. The van der Waals surface area contributed by atoms with Gasteiger partial charge in [-0.15, -0.1) is 0 Å². The van der Waals surface area contributed by atoms with Crippen molar-refractivity contribution >= 4 is 11.9 Å². The van der Waals surface area contributed by atoms with Crippen molar-refractivity contribution in [2.24, 2.45) is 28.6 Å². The monoisotopic (exact) mass is 418 g/mol. The molecule has 4 nitrogen and oxygen atoms in total. The highest BCUT2D eigenvalue weighted by molar-refractivity contribution is 5.79. The van der Waals surface area contributed by atoms with Crippen molar-refractivity contribution in [1.29, 1.82) is 0 Å². The smallest absolute Gasteiger partial charge is 0.312 e. The first kappa shape index (κ1) is 22.1. The van der Waals surface area contributed by atoms with E-state index in [4.69, 9.17) is 9.47 Å². The number of rotatable bonds is 6. The molecule has 0 N–H and O–H groups in total. The summed E-state index contributed by atoms with van der Waals surface area (Å²) in [5, 5.41) is 0. The van der Waals surface area contributed by atoms with E-state index in [-0.39, 0.29) is 11.9 Å². The molecule has 0 aliphatic heterocycles. The molecule has 0 radical (unpaired) electrons. The van der Waals surface area contributed by atoms with Gasteiger partial charge in [0.2, 0.25) is 0 Å². The van der Waals surface area contributed by atoms with Crippen LogP contribution in [0.4, 0.5) is 0 Å². The lowest BCUT2D eigenvalue weighted by Gasteiger charge is -2.60. The summed E-state index contributed by atoms with van der Waals surface area (Å²) in [7, 11) is 0. The van der Waals surface area contributed by atoms with Crippen molar-refractivity contribution in [3.63, 3.8) is 0 Å². The Balaban J connectivity index is 1.52. The molecule has 0 amide bonds. The molecule has 4 heteroatoms. The number of esters is 2. The Kier molecular flexibility index (Phi) is 5.55. The summed E-state index contributed by atoms with van der Waals surface area (Å²) >= 11 is 0. The van der Waals surface area contributed by atoms with Crippen molar-refractivity contribution in [2.45, 2.75) is 123 Å². The van der Waals surface area contributed by atoms with Crippen LogP contribution in [0.3, 0.4) is 0 Å². The number of ether oxygens (including phenoxy) is 2. The Hall–Kier alpha value is -1.06. The van der Waals surface area contributed by atoms with E-state index < -0.39 is 22.0 Å². The Labute approximate surface area is 182 Å². The maximum Gasteiger partial charge on any atom is 0.312 e. The molecule has 170 valence electrons. The molecule has 0 aromatic carbocycles. The molecule has 4 bridgehead atoms. The molecule has 5 aliphatic rings. The summed E-state index contributed by atoms with van der Waals surface area (Å²) in [4.78, 5) is 26.6. The quantitative estimate of drug-likeness (QED) is 0.481. The predicted octanol–water partition coefficient (Wildman–Crippen LogP) is 6.21. The zero-order chi connectivity index (χ0) is 21.8. The Bertz CT molecular complexity index is 671. The first-order valence-electron chi connectivity index (χ1n) is 12.5. The average molecular weight is 419 g/mol. The van der Waals surface area contributed by atoms with E-state index >= 15 is 0 Å². The fourth-order valence-corrected chi connectivity index (χ4v) is 7.24. The average Bonchev–Trinajstić information content (AvgIpc) is 2.67. The summed E-state index contributed by atoms with van der Waals surface area (Å²) < 4.78 is 12.6. The summed E-state index contributed by atoms with van der Waals surface area (Å²) in [6.07, 6.45) is 12.4. The summed E-state index contributed by atoms with van der Waals surface area (Å²) in [5.41, 5.74) is -1.79. The Morgan fingerprint density at radius 1 is 0.933 bits per heavy atom. The van der Waals surface area contributed by atoms with Crippen LogP contribution in [0.5, 0.6) is 0 Å². The van der Waals surface area contributed by atoms with Gasteiger partial charge in [-0.05, 0) is 96.8 Å². The van der Waals surface area contributed by atoms with Gasteiger partial charge in [-0.1, -0.05) is 26.2 Å². The molecule has 2 atom stereocenters. The van der Waals surface area contributed by atoms with Gasteiger partial charge in [0.25, 0.3) is 0 Å². The third-order valence-corrected chi connectivity index (χ3v) is 9.13. The molecule has 30 heavy (non-hydrogen) atoms. The molecular formula is C26H42O4. The van der Waals surface area contributed by atoms with Crippen LogP contribution in [-0.2, 0) is 19.1 Å². The highest BCUT2D eigenvalue weighted by Crippen LogP contribution is 2.63. The summed E-state index contributed by atoms with van der Waals surface area (Å²) in [5.74, 6) is 1.31. The van der Waals surface area contributed by atoms with Crippen molar-refractivity contribution in [3.05, 3.63) is 0 Å². The molecule has 5 saturated carbocycles. The zero-order valence-electron chi connectivity index (χ0n) is 19.9. The first-order valence-corrected chi connectivity index (χ1v) is 12.5. The van der Waals surface area contributed by atoms with Crippen LogP contribution < -0.4 is 0 Å². The molecule has 0 spiro atoms. The van der Waals surface area contributed by atoms with Gasteiger partial charge in [0.15, 0.2) is 0 Å². The van der Waals surface area contributed by atoms with Crippen LogP contribution >= 0.6 is 0 Å². The second-order valence-corrected chi connectivity index (χ2v) is 12.4. The molecule has 0 heterocycles. The van der Waals surface area contributed by atoms with Gasteiger partial charge >= 0.3 is 11.9 Å². The van der Waals surface area contributed by atoms with Gasteiger partial charge in [0, 0.05) is 6.42 Å². The SMILES string of the molecule is CCC(C)(C)C(=O)OC12CC3CC(C1)CC(C(=O)OC(C)(C)C1CCCCC1)(C3)C2. The largest absolute Gasteiger partial charge is 0.459 e. The minimum absolute atomic E-state index is 0.0117. The first-order chi connectivity index (χ1) is 14.0. The van der Waals surface area contributed by atoms with Gasteiger partial charge < -0.3 is 9.47 Å². The van der Waals surface area contributed by atoms with E-state index in [9.17, 15) is 9.59 Å². The highest BCUT2D eigenvalue weighted by Gasteiger charge is 2.63.